The summed E-state index contributed by atoms with van der Waals surface area (Å²) in [6.45, 7) is 0. The molecule has 1 amide bonds. The molecule has 1 N–H and O–H groups in total. The molecule has 150 valence electrons. The van der Waals surface area contributed by atoms with Crippen molar-refractivity contribution < 1.29 is 19.2 Å². The summed E-state index contributed by atoms with van der Waals surface area (Å²) in [5, 5.41) is 14.7. The Morgan fingerprint density at radius 1 is 1.00 bits per heavy atom. The molecule has 8 nitrogen and oxygen atoms in total. The summed E-state index contributed by atoms with van der Waals surface area (Å²) in [6.07, 6.45) is 1.40. The molecule has 0 aliphatic carbocycles. The van der Waals surface area contributed by atoms with E-state index in [1.807, 2.05) is 0 Å². The summed E-state index contributed by atoms with van der Waals surface area (Å²) in [4.78, 5) is 34.5. The average Bonchev–Trinajstić information content (AvgIpc) is 2.74. The number of nitrogens with zero attached hydrogens (tertiary/aromatic N) is 2. The van der Waals surface area contributed by atoms with Crippen LogP contribution in [0.15, 0.2) is 82.4 Å². The van der Waals surface area contributed by atoms with E-state index >= 15 is 0 Å². The number of carbonyl (C=O) groups excluding carboxylic acids is 2. The standard InChI is InChI=1S/C21H14BrN3O5/c22-17-9-7-15(8-10-17)20(26)24-23-13-14-3-1-6-19(11-14)30-21(27)16-4-2-5-18(12-16)25(28)29/h1-13H,(H,24,26). The molecule has 0 saturated carbocycles. The molecule has 0 aliphatic rings. The Hall–Kier alpha value is -3.85. The van der Waals surface area contributed by atoms with E-state index < -0.39 is 10.9 Å². The van der Waals surface area contributed by atoms with E-state index in [1.54, 1.807) is 48.5 Å². The van der Waals surface area contributed by atoms with Gasteiger partial charge in [-0.3, -0.25) is 14.9 Å². The van der Waals surface area contributed by atoms with Crippen molar-refractivity contribution in [2.24, 2.45) is 5.10 Å². The zero-order valence-corrected chi connectivity index (χ0v) is 16.9. The van der Waals surface area contributed by atoms with Gasteiger partial charge in [-0.2, -0.15) is 5.10 Å². The SMILES string of the molecule is O=C(NN=Cc1cccc(OC(=O)c2cccc([N+](=O)[O-])c2)c1)c1ccc(Br)cc1. The second-order valence-electron chi connectivity index (χ2n) is 5.98. The maximum atomic E-state index is 12.2. The second-order valence-corrected chi connectivity index (χ2v) is 6.89. The van der Waals surface area contributed by atoms with Crippen molar-refractivity contribution in [3.63, 3.8) is 0 Å². The number of nitrogens with one attached hydrogen (secondary N) is 1. The van der Waals surface area contributed by atoms with E-state index in [1.165, 1.54) is 24.4 Å². The van der Waals surface area contributed by atoms with Crippen molar-refractivity contribution in [2.45, 2.75) is 0 Å². The van der Waals surface area contributed by atoms with Gasteiger partial charge < -0.3 is 4.74 Å². The first-order valence-electron chi connectivity index (χ1n) is 8.58. The lowest BCUT2D eigenvalue weighted by Gasteiger charge is -2.05. The van der Waals surface area contributed by atoms with Crippen molar-refractivity contribution in [3.05, 3.63) is 104 Å². The van der Waals surface area contributed by atoms with Gasteiger partial charge in [-0.15, -0.1) is 0 Å². The number of benzene rings is 3. The quantitative estimate of drug-likeness (QED) is 0.190. The maximum absolute atomic E-state index is 12.2. The Labute approximate surface area is 179 Å². The second kappa shape index (κ2) is 9.57. The van der Waals surface area contributed by atoms with Crippen LogP contribution < -0.4 is 10.2 Å². The monoisotopic (exact) mass is 467 g/mol. The van der Waals surface area contributed by atoms with Gasteiger partial charge in [0, 0.05) is 22.2 Å². The van der Waals surface area contributed by atoms with Gasteiger partial charge in [0.05, 0.1) is 16.7 Å². The highest BCUT2D eigenvalue weighted by Gasteiger charge is 2.13. The molecule has 0 bridgehead atoms. The van der Waals surface area contributed by atoms with Crippen LogP contribution in [-0.4, -0.2) is 23.0 Å². The Balaban J connectivity index is 1.64. The summed E-state index contributed by atoms with van der Waals surface area (Å²) < 4.78 is 6.13. The van der Waals surface area contributed by atoms with E-state index in [4.69, 9.17) is 4.74 Å². The molecule has 30 heavy (non-hydrogen) atoms. The highest BCUT2D eigenvalue weighted by Crippen LogP contribution is 2.17. The van der Waals surface area contributed by atoms with Gasteiger partial charge in [0.15, 0.2) is 0 Å². The Kier molecular flexibility index (Phi) is 6.66. The first-order valence-corrected chi connectivity index (χ1v) is 9.37. The van der Waals surface area contributed by atoms with Gasteiger partial charge in [0.25, 0.3) is 11.6 Å². The molecule has 0 aromatic heterocycles. The highest BCUT2D eigenvalue weighted by atomic mass is 79.9. The van der Waals surface area contributed by atoms with Crippen LogP contribution >= 0.6 is 15.9 Å². The van der Waals surface area contributed by atoms with Crippen LogP contribution in [0.4, 0.5) is 5.69 Å². The predicted octanol–water partition coefficient (Wildman–Crippen LogP) is 4.34. The topological polar surface area (TPSA) is 111 Å². The van der Waals surface area contributed by atoms with Crippen molar-refractivity contribution in [1.82, 2.24) is 5.43 Å². The van der Waals surface area contributed by atoms with Crippen LogP contribution in [-0.2, 0) is 0 Å². The maximum Gasteiger partial charge on any atom is 0.343 e. The molecular weight excluding hydrogens is 454 g/mol. The smallest absolute Gasteiger partial charge is 0.343 e. The Bertz CT molecular complexity index is 1130. The minimum absolute atomic E-state index is 0.0602. The van der Waals surface area contributed by atoms with E-state index in [2.05, 4.69) is 26.5 Å². The predicted molar refractivity (Wildman–Crippen MR) is 114 cm³/mol. The van der Waals surface area contributed by atoms with Crippen LogP contribution in [0.2, 0.25) is 0 Å². The van der Waals surface area contributed by atoms with Crippen LogP contribution in [0.1, 0.15) is 26.3 Å². The number of hydrogen-bond donors (Lipinski definition) is 1. The fourth-order valence-corrected chi connectivity index (χ4v) is 2.67. The van der Waals surface area contributed by atoms with Crippen LogP contribution in [0.5, 0.6) is 5.75 Å². The fourth-order valence-electron chi connectivity index (χ4n) is 2.40. The molecule has 0 unspecified atom stereocenters. The van der Waals surface area contributed by atoms with E-state index in [0.29, 0.717) is 11.1 Å². The number of nitro groups is 1. The molecule has 9 heteroatoms. The lowest BCUT2D eigenvalue weighted by atomic mass is 10.2. The minimum Gasteiger partial charge on any atom is -0.423 e. The minimum atomic E-state index is -0.726. The van der Waals surface area contributed by atoms with Gasteiger partial charge in [0.1, 0.15) is 5.75 Å². The van der Waals surface area contributed by atoms with Crippen LogP contribution in [0, 0.1) is 10.1 Å². The third-order valence-electron chi connectivity index (χ3n) is 3.85. The summed E-state index contributed by atoms with van der Waals surface area (Å²) in [5.74, 6) is -0.863. The Morgan fingerprint density at radius 3 is 2.47 bits per heavy atom. The summed E-state index contributed by atoms with van der Waals surface area (Å²) in [6, 6.07) is 18.5. The summed E-state index contributed by atoms with van der Waals surface area (Å²) >= 11 is 3.30. The van der Waals surface area contributed by atoms with Crippen LogP contribution in [0.25, 0.3) is 0 Å². The molecule has 3 rings (SSSR count). The molecule has 0 fully saturated rings. The highest BCUT2D eigenvalue weighted by molar-refractivity contribution is 9.10. The number of nitro benzene ring substituents is 1. The van der Waals surface area contributed by atoms with Gasteiger partial charge in [-0.25, -0.2) is 10.2 Å². The number of carbonyl (C=O) groups is 2. The molecule has 0 spiro atoms. The van der Waals surface area contributed by atoms with Crippen molar-refractivity contribution in [3.8, 4) is 5.75 Å². The molecule has 0 heterocycles. The number of hydrogen-bond acceptors (Lipinski definition) is 6. The number of ether oxygens (including phenoxy) is 1. The number of non-ortho nitro benzene ring substituents is 1. The number of halogens is 1. The van der Waals surface area contributed by atoms with Crippen molar-refractivity contribution >= 4 is 39.7 Å². The van der Waals surface area contributed by atoms with E-state index in [-0.39, 0.29) is 22.9 Å². The van der Waals surface area contributed by atoms with E-state index in [9.17, 15) is 19.7 Å². The largest absolute Gasteiger partial charge is 0.423 e. The summed E-state index contributed by atoms with van der Waals surface area (Å²) in [7, 11) is 0. The lowest BCUT2D eigenvalue weighted by molar-refractivity contribution is -0.384. The van der Waals surface area contributed by atoms with Crippen molar-refractivity contribution in [1.29, 1.82) is 0 Å². The molecule has 0 atom stereocenters. The Morgan fingerprint density at radius 2 is 1.73 bits per heavy atom. The zero-order valence-electron chi connectivity index (χ0n) is 15.3. The zero-order chi connectivity index (χ0) is 21.5. The molecular formula is C21H14BrN3O5. The summed E-state index contributed by atoms with van der Waals surface area (Å²) in [5.41, 5.74) is 3.30. The molecule has 0 aliphatic heterocycles. The van der Waals surface area contributed by atoms with Gasteiger partial charge in [-0.05, 0) is 48.0 Å². The number of amides is 1. The number of hydrazone groups is 1. The molecule has 3 aromatic carbocycles. The van der Waals surface area contributed by atoms with Gasteiger partial charge in [-0.1, -0.05) is 34.1 Å². The van der Waals surface area contributed by atoms with Gasteiger partial charge in [0.2, 0.25) is 0 Å². The number of esters is 1. The fraction of sp³-hybridized carbons (Fsp3) is 0. The number of rotatable bonds is 6. The molecule has 3 aromatic rings. The first-order chi connectivity index (χ1) is 14.4. The lowest BCUT2D eigenvalue weighted by Crippen LogP contribution is -2.17. The molecule has 0 saturated heterocycles. The normalized spacial score (nSPS) is 10.6. The molecule has 0 radical (unpaired) electrons. The van der Waals surface area contributed by atoms with Crippen LogP contribution in [0.3, 0.4) is 0 Å². The third-order valence-corrected chi connectivity index (χ3v) is 4.38. The van der Waals surface area contributed by atoms with Crippen molar-refractivity contribution in [2.75, 3.05) is 0 Å². The van der Waals surface area contributed by atoms with E-state index in [0.717, 1.165) is 10.5 Å². The van der Waals surface area contributed by atoms with Gasteiger partial charge >= 0.3 is 5.97 Å². The third kappa shape index (κ3) is 5.58. The first kappa shape index (κ1) is 20.9. The average molecular weight is 468 g/mol.